The first-order valence-electron chi connectivity index (χ1n) is 8.96. The van der Waals surface area contributed by atoms with E-state index in [0.29, 0.717) is 30.6 Å². The van der Waals surface area contributed by atoms with E-state index in [0.717, 1.165) is 10.9 Å². The number of piperidine rings is 1. The van der Waals surface area contributed by atoms with Crippen LogP contribution in [0.2, 0.25) is 0 Å². The molecule has 0 saturated carbocycles. The summed E-state index contributed by atoms with van der Waals surface area (Å²) in [6, 6.07) is 12.1. The molecule has 1 fully saturated rings. The highest BCUT2D eigenvalue weighted by atomic mass is 79.9. The molecule has 0 aliphatic carbocycles. The van der Waals surface area contributed by atoms with E-state index in [2.05, 4.69) is 34.5 Å². The fraction of sp³-hybridized carbons (Fsp3) is 0.368. The minimum atomic E-state index is -3.74. The van der Waals surface area contributed by atoms with Gasteiger partial charge in [0.2, 0.25) is 10.0 Å². The molecule has 0 radical (unpaired) electrons. The minimum absolute atomic E-state index is 0.128. The molecule has 0 amide bonds. The molecule has 28 heavy (non-hydrogen) atoms. The van der Waals surface area contributed by atoms with Gasteiger partial charge in [0.15, 0.2) is 0 Å². The van der Waals surface area contributed by atoms with Crippen LogP contribution in [0.1, 0.15) is 20.3 Å². The van der Waals surface area contributed by atoms with Crippen LogP contribution in [-0.2, 0) is 20.0 Å². The Morgan fingerprint density at radius 2 is 1.36 bits per heavy atom. The molecule has 1 heterocycles. The van der Waals surface area contributed by atoms with E-state index in [-0.39, 0.29) is 9.79 Å². The molecule has 2 aromatic rings. The molecule has 2 atom stereocenters. The first-order valence-corrected chi connectivity index (χ1v) is 12.7. The molecule has 2 aromatic carbocycles. The molecule has 1 aliphatic heterocycles. The Hall–Kier alpha value is -1.42. The average Bonchev–Trinajstić information content (AvgIpc) is 2.61. The third-order valence-electron chi connectivity index (χ3n) is 4.70. The van der Waals surface area contributed by atoms with Crippen molar-refractivity contribution in [2.24, 2.45) is 11.8 Å². The van der Waals surface area contributed by atoms with E-state index in [1.807, 2.05) is 0 Å². The Labute approximate surface area is 175 Å². The Kier molecular flexibility index (Phi) is 6.19. The van der Waals surface area contributed by atoms with Crippen LogP contribution in [0.25, 0.3) is 0 Å². The molecule has 152 valence electrons. The van der Waals surface area contributed by atoms with Crippen molar-refractivity contribution in [1.29, 1.82) is 0 Å². The topological polar surface area (TPSA) is 83.6 Å². The van der Waals surface area contributed by atoms with E-state index < -0.39 is 20.0 Å². The lowest BCUT2D eigenvalue weighted by molar-refractivity contribution is 0.222. The lowest BCUT2D eigenvalue weighted by Gasteiger charge is -2.34. The standard InChI is InChI=1S/C19H23BrN2O4S2/c1-14-11-15(2)13-22(12-14)28(25,26)19-9-5-17(6-10-19)21-27(23,24)18-7-3-16(20)4-8-18/h3-10,14-15,21H,11-13H2,1-2H3/t14-,15-/m0/s1. The summed E-state index contributed by atoms with van der Waals surface area (Å²) >= 11 is 3.27. The van der Waals surface area contributed by atoms with Crippen molar-refractivity contribution in [2.45, 2.75) is 30.1 Å². The summed E-state index contributed by atoms with van der Waals surface area (Å²) in [6.07, 6.45) is 1.02. The molecule has 3 rings (SSSR count). The molecule has 9 heteroatoms. The van der Waals surface area contributed by atoms with Gasteiger partial charge in [-0.3, -0.25) is 4.72 Å². The van der Waals surface area contributed by atoms with Gasteiger partial charge in [-0.2, -0.15) is 4.31 Å². The van der Waals surface area contributed by atoms with Crippen LogP contribution < -0.4 is 4.72 Å². The van der Waals surface area contributed by atoms with Crippen LogP contribution in [-0.4, -0.2) is 34.2 Å². The number of rotatable bonds is 5. The summed E-state index contributed by atoms with van der Waals surface area (Å²) in [5.74, 6) is 0.631. The lowest BCUT2D eigenvalue weighted by atomic mass is 9.94. The van der Waals surface area contributed by atoms with E-state index in [9.17, 15) is 16.8 Å². The predicted molar refractivity (Wildman–Crippen MR) is 113 cm³/mol. The third-order valence-corrected chi connectivity index (χ3v) is 8.48. The van der Waals surface area contributed by atoms with E-state index in [4.69, 9.17) is 0 Å². The maximum Gasteiger partial charge on any atom is 0.261 e. The summed E-state index contributed by atoms with van der Waals surface area (Å²) in [5.41, 5.74) is 0.308. The van der Waals surface area contributed by atoms with Crippen LogP contribution in [0, 0.1) is 11.8 Å². The largest absolute Gasteiger partial charge is 0.280 e. The van der Waals surface area contributed by atoms with Gasteiger partial charge in [0, 0.05) is 23.2 Å². The fourth-order valence-corrected chi connectivity index (χ4v) is 6.48. The van der Waals surface area contributed by atoms with Gasteiger partial charge in [-0.25, -0.2) is 16.8 Å². The van der Waals surface area contributed by atoms with Crippen molar-refractivity contribution in [3.8, 4) is 0 Å². The summed E-state index contributed by atoms with van der Waals surface area (Å²) in [6.45, 7) is 5.12. The molecule has 1 aliphatic rings. The molecule has 6 nitrogen and oxygen atoms in total. The number of nitrogens with zero attached hydrogens (tertiary/aromatic N) is 1. The Balaban J connectivity index is 1.78. The minimum Gasteiger partial charge on any atom is -0.280 e. The van der Waals surface area contributed by atoms with Gasteiger partial charge < -0.3 is 0 Å². The van der Waals surface area contributed by atoms with Crippen molar-refractivity contribution in [1.82, 2.24) is 4.31 Å². The van der Waals surface area contributed by atoms with Crippen molar-refractivity contribution in [2.75, 3.05) is 17.8 Å². The molecular formula is C19H23BrN2O4S2. The summed E-state index contributed by atoms with van der Waals surface area (Å²) in [7, 11) is -7.34. The normalized spacial score (nSPS) is 21.4. The SMILES string of the molecule is C[C@H]1C[C@H](C)CN(S(=O)(=O)c2ccc(NS(=O)(=O)c3ccc(Br)cc3)cc2)C1. The highest BCUT2D eigenvalue weighted by Gasteiger charge is 2.31. The number of anilines is 1. The number of halogens is 1. The van der Waals surface area contributed by atoms with Crippen molar-refractivity contribution in [3.05, 3.63) is 53.0 Å². The molecule has 0 spiro atoms. The molecular weight excluding hydrogens is 464 g/mol. The van der Waals surface area contributed by atoms with Crippen molar-refractivity contribution >= 4 is 41.7 Å². The monoisotopic (exact) mass is 486 g/mol. The molecule has 0 aromatic heterocycles. The van der Waals surface area contributed by atoms with Gasteiger partial charge in [-0.05, 0) is 66.8 Å². The number of hydrogen-bond acceptors (Lipinski definition) is 4. The van der Waals surface area contributed by atoms with Crippen LogP contribution in [0.4, 0.5) is 5.69 Å². The zero-order chi connectivity index (χ0) is 20.5. The average molecular weight is 487 g/mol. The van der Waals surface area contributed by atoms with Gasteiger partial charge in [0.25, 0.3) is 10.0 Å². The zero-order valence-electron chi connectivity index (χ0n) is 15.7. The Morgan fingerprint density at radius 1 is 0.857 bits per heavy atom. The third kappa shape index (κ3) is 4.76. The summed E-state index contributed by atoms with van der Waals surface area (Å²) < 4.78 is 55.5. The second-order valence-electron chi connectivity index (χ2n) is 7.35. The molecule has 0 bridgehead atoms. The predicted octanol–water partition coefficient (Wildman–Crippen LogP) is 3.92. The maximum absolute atomic E-state index is 12.9. The Morgan fingerprint density at radius 3 is 1.89 bits per heavy atom. The van der Waals surface area contributed by atoms with Gasteiger partial charge in [-0.15, -0.1) is 0 Å². The zero-order valence-corrected chi connectivity index (χ0v) is 18.9. The van der Waals surface area contributed by atoms with Crippen LogP contribution in [0.15, 0.2) is 62.8 Å². The molecule has 0 unspecified atom stereocenters. The molecule has 1 N–H and O–H groups in total. The van der Waals surface area contributed by atoms with Gasteiger partial charge in [0.1, 0.15) is 0 Å². The van der Waals surface area contributed by atoms with Crippen LogP contribution >= 0.6 is 15.9 Å². The highest BCUT2D eigenvalue weighted by molar-refractivity contribution is 9.10. The number of benzene rings is 2. The second-order valence-corrected chi connectivity index (χ2v) is 11.9. The van der Waals surface area contributed by atoms with Gasteiger partial charge in [-0.1, -0.05) is 29.8 Å². The second kappa shape index (κ2) is 8.14. The first kappa shape index (κ1) is 21.3. The summed E-state index contributed by atoms with van der Waals surface area (Å²) in [5, 5.41) is 0. The Bertz CT molecular complexity index is 1030. The van der Waals surface area contributed by atoms with Gasteiger partial charge >= 0.3 is 0 Å². The van der Waals surface area contributed by atoms with Crippen molar-refractivity contribution < 1.29 is 16.8 Å². The fourth-order valence-electron chi connectivity index (χ4n) is 3.47. The lowest BCUT2D eigenvalue weighted by Crippen LogP contribution is -2.42. The first-order chi connectivity index (χ1) is 13.1. The van der Waals surface area contributed by atoms with E-state index in [1.54, 1.807) is 12.1 Å². The van der Waals surface area contributed by atoms with E-state index in [1.165, 1.54) is 40.7 Å². The quantitative estimate of drug-likeness (QED) is 0.693. The van der Waals surface area contributed by atoms with E-state index >= 15 is 0 Å². The maximum atomic E-state index is 12.9. The van der Waals surface area contributed by atoms with Crippen molar-refractivity contribution in [3.63, 3.8) is 0 Å². The van der Waals surface area contributed by atoms with Crippen LogP contribution in [0.3, 0.4) is 0 Å². The number of sulfonamides is 2. The smallest absolute Gasteiger partial charge is 0.261 e. The van der Waals surface area contributed by atoms with Gasteiger partial charge in [0.05, 0.1) is 9.79 Å². The highest BCUT2D eigenvalue weighted by Crippen LogP contribution is 2.27. The number of nitrogens with one attached hydrogen (secondary N) is 1. The van der Waals surface area contributed by atoms with Crippen LogP contribution in [0.5, 0.6) is 0 Å². The number of hydrogen-bond donors (Lipinski definition) is 1. The summed E-state index contributed by atoms with van der Waals surface area (Å²) in [4.78, 5) is 0.295. The molecule has 1 saturated heterocycles.